The van der Waals surface area contributed by atoms with Crippen molar-refractivity contribution < 1.29 is 23.4 Å². The first-order valence-corrected chi connectivity index (χ1v) is 11.9. The minimum atomic E-state index is -0.844. The van der Waals surface area contributed by atoms with Gasteiger partial charge in [0.05, 0.1) is 11.3 Å². The van der Waals surface area contributed by atoms with E-state index in [1.165, 1.54) is 0 Å². The summed E-state index contributed by atoms with van der Waals surface area (Å²) in [5.41, 5.74) is 8.18. The monoisotopic (exact) mass is 522 g/mol. The molecule has 0 aliphatic rings. The second kappa shape index (κ2) is 11.7. The number of carbonyl (C=O) groups is 1. The third kappa shape index (κ3) is 6.28. The normalized spacial score (nSPS) is 10.5. The highest BCUT2D eigenvalue weighted by atomic mass is 19.1. The minimum Gasteiger partial charge on any atom is -0.486 e. The molecule has 1 amide bonds. The zero-order valence-electron chi connectivity index (χ0n) is 20.6. The van der Waals surface area contributed by atoms with E-state index in [1.54, 1.807) is 66.7 Å². The number of carbonyl (C=O) groups excluding carboxylic acids is 1. The molecule has 5 aromatic rings. The Morgan fingerprint density at radius 2 is 1.38 bits per heavy atom. The van der Waals surface area contributed by atoms with Gasteiger partial charge in [0.1, 0.15) is 24.4 Å². The Balaban J connectivity index is 1.25. The number of amides is 1. The summed E-state index contributed by atoms with van der Waals surface area (Å²) < 4.78 is 31.8. The Labute approximate surface area is 223 Å². The number of halogens is 1. The van der Waals surface area contributed by atoms with Gasteiger partial charge in [0.25, 0.3) is 17.7 Å². The molecule has 0 atom stereocenters. The van der Waals surface area contributed by atoms with E-state index in [1.807, 2.05) is 36.4 Å². The van der Waals surface area contributed by atoms with E-state index in [4.69, 9.17) is 19.9 Å². The number of ether oxygens (including phenoxy) is 3. The average Bonchev–Trinajstić information content (AvgIpc) is 2.96. The second-order valence-corrected chi connectivity index (χ2v) is 8.29. The third-order valence-electron chi connectivity index (χ3n) is 5.53. The largest absolute Gasteiger partial charge is 0.486 e. The van der Waals surface area contributed by atoms with E-state index in [0.717, 1.165) is 11.9 Å². The summed E-state index contributed by atoms with van der Waals surface area (Å²) in [6.07, 6.45) is 1.15. The molecule has 39 heavy (non-hydrogen) atoms. The van der Waals surface area contributed by atoms with Crippen molar-refractivity contribution in [1.29, 1.82) is 0 Å². The molecule has 3 N–H and O–H groups in total. The van der Waals surface area contributed by atoms with Crippen molar-refractivity contribution >= 4 is 17.3 Å². The van der Waals surface area contributed by atoms with Crippen molar-refractivity contribution in [3.63, 3.8) is 0 Å². The smallest absolute Gasteiger partial charge is 0.263 e. The number of hydrogen-bond donors (Lipinski definition) is 2. The van der Waals surface area contributed by atoms with Crippen LogP contribution in [-0.4, -0.2) is 15.9 Å². The summed E-state index contributed by atoms with van der Waals surface area (Å²) in [6.45, 7) is 0.263. The molecule has 0 bridgehead atoms. The number of nitrogens with two attached hydrogens (primary N) is 1. The standard InChI is InChI=1S/C30H23FN4O4/c31-26-29(38-22-10-5-2-6-11-22)33-19-34-30(26)39-23-16-14-21(15-17-23)35-28(36)24-12-7-13-25(32)27(24)37-18-20-8-3-1-4-9-20/h1-17,19H,18,32H2,(H,35,36). The summed E-state index contributed by atoms with van der Waals surface area (Å²) in [5, 5.41) is 2.81. The lowest BCUT2D eigenvalue weighted by Crippen LogP contribution is -2.14. The maximum absolute atomic E-state index is 14.9. The summed E-state index contributed by atoms with van der Waals surface area (Å²) >= 11 is 0. The van der Waals surface area contributed by atoms with Gasteiger partial charge in [-0.15, -0.1) is 0 Å². The average molecular weight is 523 g/mol. The molecule has 0 saturated heterocycles. The molecule has 4 aromatic carbocycles. The summed E-state index contributed by atoms with van der Waals surface area (Å²) in [4.78, 5) is 20.7. The van der Waals surface area contributed by atoms with Crippen molar-refractivity contribution in [2.75, 3.05) is 11.1 Å². The van der Waals surface area contributed by atoms with Gasteiger partial charge in [0, 0.05) is 5.69 Å². The van der Waals surface area contributed by atoms with Crippen LogP contribution >= 0.6 is 0 Å². The third-order valence-corrected chi connectivity index (χ3v) is 5.53. The molecular formula is C30H23FN4O4. The quantitative estimate of drug-likeness (QED) is 0.210. The van der Waals surface area contributed by atoms with Gasteiger partial charge in [-0.05, 0) is 54.1 Å². The molecule has 0 saturated carbocycles. The van der Waals surface area contributed by atoms with Crippen LogP contribution in [0.3, 0.4) is 0 Å². The number of benzene rings is 4. The maximum atomic E-state index is 14.9. The lowest BCUT2D eigenvalue weighted by atomic mass is 10.1. The fourth-order valence-corrected chi connectivity index (χ4v) is 3.62. The zero-order valence-corrected chi connectivity index (χ0v) is 20.6. The minimum absolute atomic E-state index is 0.262. The van der Waals surface area contributed by atoms with Crippen LogP contribution in [0.5, 0.6) is 29.0 Å². The van der Waals surface area contributed by atoms with Crippen molar-refractivity contribution in [2.45, 2.75) is 6.61 Å². The molecule has 8 nitrogen and oxygen atoms in total. The summed E-state index contributed by atoms with van der Waals surface area (Å²) in [6, 6.07) is 29.6. The molecule has 5 rings (SSSR count). The van der Waals surface area contributed by atoms with Gasteiger partial charge in [-0.25, -0.2) is 0 Å². The first-order valence-electron chi connectivity index (χ1n) is 11.9. The molecular weight excluding hydrogens is 499 g/mol. The lowest BCUT2D eigenvalue weighted by molar-refractivity contribution is 0.102. The topological polar surface area (TPSA) is 109 Å². The SMILES string of the molecule is Nc1cccc(C(=O)Nc2ccc(Oc3ncnc(Oc4ccccc4)c3F)cc2)c1OCc1ccccc1. The van der Waals surface area contributed by atoms with Gasteiger partial charge in [-0.2, -0.15) is 14.4 Å². The molecule has 0 aliphatic heterocycles. The van der Waals surface area contributed by atoms with Crippen LogP contribution in [-0.2, 0) is 6.61 Å². The van der Waals surface area contributed by atoms with Crippen LogP contribution in [0, 0.1) is 5.82 Å². The fourth-order valence-electron chi connectivity index (χ4n) is 3.62. The number of para-hydroxylation sites is 2. The fraction of sp³-hybridized carbons (Fsp3) is 0.0333. The maximum Gasteiger partial charge on any atom is 0.263 e. The molecule has 0 aliphatic carbocycles. The Morgan fingerprint density at radius 3 is 2.05 bits per heavy atom. The highest BCUT2D eigenvalue weighted by Crippen LogP contribution is 2.31. The van der Waals surface area contributed by atoms with E-state index in [-0.39, 0.29) is 18.4 Å². The van der Waals surface area contributed by atoms with Gasteiger partial charge >= 0.3 is 0 Å². The molecule has 1 aromatic heterocycles. The molecule has 0 unspecified atom stereocenters. The van der Waals surface area contributed by atoms with Crippen LogP contribution in [0.15, 0.2) is 109 Å². The number of rotatable bonds is 9. The van der Waals surface area contributed by atoms with Crippen LogP contribution < -0.4 is 25.3 Å². The number of nitrogens with one attached hydrogen (secondary N) is 1. The first kappa shape index (κ1) is 25.2. The van der Waals surface area contributed by atoms with Gasteiger partial charge in [0.15, 0.2) is 5.75 Å². The number of anilines is 2. The number of hydrogen-bond acceptors (Lipinski definition) is 7. The Kier molecular flexibility index (Phi) is 7.59. The second-order valence-electron chi connectivity index (χ2n) is 8.29. The number of nitrogens with zero attached hydrogens (tertiary/aromatic N) is 2. The molecule has 1 heterocycles. The number of nitrogen functional groups attached to an aromatic ring is 1. The predicted octanol–water partition coefficient (Wildman–Crippen LogP) is 6.61. The van der Waals surface area contributed by atoms with Crippen molar-refractivity contribution in [3.8, 4) is 29.0 Å². The highest BCUT2D eigenvalue weighted by Gasteiger charge is 2.17. The lowest BCUT2D eigenvalue weighted by Gasteiger charge is -2.14. The van der Waals surface area contributed by atoms with Crippen molar-refractivity contribution in [2.24, 2.45) is 0 Å². The molecule has 0 radical (unpaired) electrons. The molecule has 9 heteroatoms. The van der Waals surface area contributed by atoms with Gasteiger partial charge < -0.3 is 25.3 Å². The molecule has 194 valence electrons. The summed E-state index contributed by atoms with van der Waals surface area (Å²) in [7, 11) is 0. The van der Waals surface area contributed by atoms with Crippen molar-refractivity contribution in [1.82, 2.24) is 9.97 Å². The first-order chi connectivity index (χ1) is 19.1. The Morgan fingerprint density at radius 1 is 0.769 bits per heavy atom. The van der Waals surface area contributed by atoms with Gasteiger partial charge in [-0.3, -0.25) is 4.79 Å². The van der Waals surface area contributed by atoms with Crippen LogP contribution in [0.4, 0.5) is 15.8 Å². The van der Waals surface area contributed by atoms with E-state index in [0.29, 0.717) is 34.2 Å². The van der Waals surface area contributed by atoms with Gasteiger partial charge in [-0.1, -0.05) is 54.6 Å². The van der Waals surface area contributed by atoms with E-state index in [2.05, 4.69) is 15.3 Å². The number of aromatic nitrogens is 2. The van der Waals surface area contributed by atoms with E-state index in [9.17, 15) is 9.18 Å². The van der Waals surface area contributed by atoms with Crippen LogP contribution in [0.1, 0.15) is 15.9 Å². The van der Waals surface area contributed by atoms with Crippen LogP contribution in [0.2, 0.25) is 0 Å². The Bertz CT molecular complexity index is 1570. The molecule has 0 spiro atoms. The van der Waals surface area contributed by atoms with Crippen molar-refractivity contribution in [3.05, 3.63) is 126 Å². The van der Waals surface area contributed by atoms with E-state index >= 15 is 0 Å². The summed E-state index contributed by atoms with van der Waals surface area (Å²) in [5.74, 6) is -0.782. The molecule has 0 fully saturated rings. The highest BCUT2D eigenvalue weighted by molar-refractivity contribution is 6.07. The van der Waals surface area contributed by atoms with Gasteiger partial charge in [0.2, 0.25) is 5.82 Å². The Hall–Kier alpha value is -5.44. The predicted molar refractivity (Wildman–Crippen MR) is 145 cm³/mol. The zero-order chi connectivity index (χ0) is 27.0. The van der Waals surface area contributed by atoms with Crippen LogP contribution in [0.25, 0.3) is 0 Å². The van der Waals surface area contributed by atoms with E-state index < -0.39 is 11.7 Å².